The van der Waals surface area contributed by atoms with Crippen molar-refractivity contribution in [1.29, 1.82) is 0 Å². The number of aromatic nitrogens is 1. The lowest BCUT2D eigenvalue weighted by atomic mass is 10.0. The van der Waals surface area contributed by atoms with Crippen molar-refractivity contribution in [2.45, 2.75) is 19.3 Å². The van der Waals surface area contributed by atoms with Crippen LogP contribution < -0.4 is 14.4 Å². The van der Waals surface area contributed by atoms with E-state index in [0.717, 1.165) is 41.8 Å². The summed E-state index contributed by atoms with van der Waals surface area (Å²) in [6, 6.07) is 11.2. The van der Waals surface area contributed by atoms with E-state index in [2.05, 4.69) is 16.4 Å². The number of carbonyl (C=O) groups is 1. The SMILES string of the molecule is CS(=O)(=O)N1CCCc2cc(C(=O)Nc3nc(-c4ccc5c(c4)CCO5)cs3)ccc21. The van der Waals surface area contributed by atoms with Gasteiger partial charge in [0.1, 0.15) is 5.75 Å². The van der Waals surface area contributed by atoms with Crippen molar-refractivity contribution in [3.05, 3.63) is 58.5 Å². The summed E-state index contributed by atoms with van der Waals surface area (Å²) >= 11 is 1.37. The zero-order valence-corrected chi connectivity index (χ0v) is 18.6. The molecule has 0 aliphatic carbocycles. The van der Waals surface area contributed by atoms with Crippen molar-refractivity contribution in [3.8, 4) is 17.0 Å². The lowest BCUT2D eigenvalue weighted by molar-refractivity contribution is 0.102. The molecule has 7 nitrogen and oxygen atoms in total. The molecule has 1 amide bonds. The number of rotatable bonds is 4. The third kappa shape index (κ3) is 3.90. The molecule has 2 aliphatic heterocycles. The number of nitrogens with one attached hydrogen (secondary N) is 1. The van der Waals surface area contributed by atoms with E-state index in [4.69, 9.17) is 4.74 Å². The van der Waals surface area contributed by atoms with Gasteiger partial charge in [-0.3, -0.25) is 14.4 Å². The Hall–Kier alpha value is -2.91. The van der Waals surface area contributed by atoms with Crippen molar-refractivity contribution in [2.24, 2.45) is 0 Å². The molecule has 0 saturated heterocycles. The first-order valence-corrected chi connectivity index (χ1v) is 12.7. The number of hydrogen-bond acceptors (Lipinski definition) is 6. The summed E-state index contributed by atoms with van der Waals surface area (Å²) in [5.41, 5.74) is 4.99. The van der Waals surface area contributed by atoms with E-state index in [1.807, 2.05) is 17.5 Å². The van der Waals surface area contributed by atoms with E-state index in [1.165, 1.54) is 27.5 Å². The average molecular weight is 456 g/mol. The molecule has 2 aromatic carbocycles. The lowest BCUT2D eigenvalue weighted by Crippen LogP contribution is -2.34. The van der Waals surface area contributed by atoms with Crippen LogP contribution in [-0.4, -0.2) is 38.7 Å². The standard InChI is InChI=1S/C22H21N3O4S2/c1-31(27,28)25-9-2-3-15-12-17(4-6-19(15)25)21(26)24-22-23-18(13-30-22)14-5-7-20-16(11-14)8-10-29-20/h4-7,11-13H,2-3,8-10H2,1H3,(H,23,24,26). The van der Waals surface area contributed by atoms with E-state index in [9.17, 15) is 13.2 Å². The maximum atomic E-state index is 12.8. The zero-order valence-electron chi connectivity index (χ0n) is 16.9. The molecular weight excluding hydrogens is 434 g/mol. The highest BCUT2D eigenvalue weighted by Gasteiger charge is 2.25. The van der Waals surface area contributed by atoms with E-state index in [0.29, 0.717) is 29.5 Å². The van der Waals surface area contributed by atoms with Gasteiger partial charge >= 0.3 is 0 Å². The number of aryl methyl sites for hydroxylation is 1. The second-order valence-corrected chi connectivity index (χ2v) is 10.5. The Balaban J connectivity index is 1.34. The Morgan fingerprint density at radius 2 is 2.03 bits per heavy atom. The van der Waals surface area contributed by atoms with Gasteiger partial charge in [0.25, 0.3) is 5.91 Å². The van der Waals surface area contributed by atoms with Gasteiger partial charge in [0.15, 0.2) is 5.13 Å². The molecule has 1 N–H and O–H groups in total. The topological polar surface area (TPSA) is 88.6 Å². The molecular formula is C22H21N3O4S2. The van der Waals surface area contributed by atoms with Crippen LogP contribution in [0.5, 0.6) is 5.75 Å². The van der Waals surface area contributed by atoms with Gasteiger partial charge in [0.2, 0.25) is 10.0 Å². The van der Waals surface area contributed by atoms with Gasteiger partial charge in [-0.05, 0) is 60.4 Å². The van der Waals surface area contributed by atoms with Crippen LogP contribution in [0, 0.1) is 0 Å². The quantitative estimate of drug-likeness (QED) is 0.648. The van der Waals surface area contributed by atoms with E-state index < -0.39 is 10.0 Å². The first-order valence-electron chi connectivity index (χ1n) is 10.0. The molecule has 0 saturated carbocycles. The fourth-order valence-corrected chi connectivity index (χ4v) is 5.74. The molecule has 3 aromatic rings. The van der Waals surface area contributed by atoms with Crippen LogP contribution in [0.4, 0.5) is 10.8 Å². The molecule has 0 fully saturated rings. The van der Waals surface area contributed by atoms with Crippen LogP contribution in [0.15, 0.2) is 41.8 Å². The fraction of sp³-hybridized carbons (Fsp3) is 0.273. The first kappa shape index (κ1) is 20.0. The summed E-state index contributed by atoms with van der Waals surface area (Å²) < 4.78 is 31.0. The van der Waals surface area contributed by atoms with Crippen molar-refractivity contribution in [1.82, 2.24) is 4.98 Å². The number of benzene rings is 2. The molecule has 2 aliphatic rings. The molecule has 3 heterocycles. The van der Waals surface area contributed by atoms with Gasteiger partial charge < -0.3 is 4.74 Å². The molecule has 0 atom stereocenters. The number of amides is 1. The number of carbonyl (C=O) groups excluding carboxylic acids is 1. The van der Waals surface area contributed by atoms with Gasteiger partial charge in [-0.2, -0.15) is 0 Å². The van der Waals surface area contributed by atoms with Gasteiger partial charge in [-0.1, -0.05) is 0 Å². The molecule has 0 unspecified atom stereocenters. The zero-order chi connectivity index (χ0) is 21.6. The van der Waals surface area contributed by atoms with Gasteiger partial charge in [0.05, 0.1) is 24.2 Å². The second kappa shape index (κ2) is 7.65. The number of nitrogens with zero attached hydrogens (tertiary/aromatic N) is 2. The molecule has 160 valence electrons. The highest BCUT2D eigenvalue weighted by atomic mass is 32.2. The van der Waals surface area contributed by atoms with Crippen molar-refractivity contribution in [3.63, 3.8) is 0 Å². The predicted octanol–water partition coefficient (Wildman–Crippen LogP) is 3.71. The van der Waals surface area contributed by atoms with Gasteiger partial charge in [-0.25, -0.2) is 13.4 Å². The van der Waals surface area contributed by atoms with Crippen LogP contribution in [0.1, 0.15) is 27.9 Å². The minimum atomic E-state index is -3.33. The van der Waals surface area contributed by atoms with Crippen LogP contribution in [0.25, 0.3) is 11.3 Å². The first-order chi connectivity index (χ1) is 14.9. The Bertz CT molecular complexity index is 1280. The number of ether oxygens (including phenoxy) is 1. The summed E-state index contributed by atoms with van der Waals surface area (Å²) in [5, 5.41) is 5.30. The van der Waals surface area contributed by atoms with Crippen LogP contribution in [0.2, 0.25) is 0 Å². The second-order valence-electron chi connectivity index (χ2n) is 7.70. The smallest absolute Gasteiger partial charge is 0.257 e. The summed E-state index contributed by atoms with van der Waals surface area (Å²) in [6.45, 7) is 1.17. The Kier molecular flexibility index (Phi) is 4.94. The van der Waals surface area contributed by atoms with E-state index in [-0.39, 0.29) is 5.91 Å². The van der Waals surface area contributed by atoms with Crippen LogP contribution in [-0.2, 0) is 22.9 Å². The van der Waals surface area contributed by atoms with Crippen LogP contribution >= 0.6 is 11.3 Å². The Morgan fingerprint density at radius 3 is 2.87 bits per heavy atom. The number of hydrogen-bond donors (Lipinski definition) is 1. The Morgan fingerprint density at radius 1 is 1.16 bits per heavy atom. The molecule has 0 radical (unpaired) electrons. The molecule has 31 heavy (non-hydrogen) atoms. The van der Waals surface area contributed by atoms with E-state index >= 15 is 0 Å². The largest absolute Gasteiger partial charge is 0.493 e. The molecule has 1 aromatic heterocycles. The monoisotopic (exact) mass is 455 g/mol. The van der Waals surface area contributed by atoms with Crippen molar-refractivity contribution < 1.29 is 17.9 Å². The highest BCUT2D eigenvalue weighted by molar-refractivity contribution is 7.92. The lowest BCUT2D eigenvalue weighted by Gasteiger charge is -2.29. The summed E-state index contributed by atoms with van der Waals surface area (Å²) in [5.74, 6) is 0.664. The van der Waals surface area contributed by atoms with Gasteiger partial charge in [-0.15, -0.1) is 11.3 Å². The fourth-order valence-electron chi connectivity index (χ4n) is 4.03. The molecule has 9 heteroatoms. The minimum absolute atomic E-state index is 0.262. The number of anilines is 2. The maximum absolute atomic E-state index is 12.8. The predicted molar refractivity (Wildman–Crippen MR) is 122 cm³/mol. The maximum Gasteiger partial charge on any atom is 0.257 e. The molecule has 0 spiro atoms. The molecule has 5 rings (SSSR count). The van der Waals surface area contributed by atoms with Crippen LogP contribution in [0.3, 0.4) is 0 Å². The summed E-state index contributed by atoms with van der Waals surface area (Å²) in [4.78, 5) is 17.3. The highest BCUT2D eigenvalue weighted by Crippen LogP contribution is 2.33. The number of fused-ring (bicyclic) bond motifs is 2. The summed E-state index contributed by atoms with van der Waals surface area (Å²) in [7, 11) is -3.33. The average Bonchev–Trinajstić information content (AvgIpc) is 3.41. The summed E-state index contributed by atoms with van der Waals surface area (Å²) in [6.07, 6.45) is 3.57. The Labute approximate surface area is 184 Å². The van der Waals surface area contributed by atoms with Gasteiger partial charge in [0, 0.05) is 29.5 Å². The molecule has 0 bridgehead atoms. The van der Waals surface area contributed by atoms with Crippen molar-refractivity contribution in [2.75, 3.05) is 29.0 Å². The van der Waals surface area contributed by atoms with E-state index in [1.54, 1.807) is 18.2 Å². The third-order valence-electron chi connectivity index (χ3n) is 5.53. The number of sulfonamides is 1. The normalized spacial score (nSPS) is 15.2. The minimum Gasteiger partial charge on any atom is -0.493 e. The third-order valence-corrected chi connectivity index (χ3v) is 7.47. The van der Waals surface area contributed by atoms with Crippen molar-refractivity contribution >= 4 is 38.1 Å². The number of thiazole rings is 1.